The summed E-state index contributed by atoms with van der Waals surface area (Å²) in [5, 5.41) is 0. The summed E-state index contributed by atoms with van der Waals surface area (Å²) in [5.74, 6) is 1.36. The van der Waals surface area contributed by atoms with E-state index in [0.717, 1.165) is 29.7 Å². The van der Waals surface area contributed by atoms with E-state index in [-0.39, 0.29) is 11.2 Å². The quantitative estimate of drug-likeness (QED) is 0.486. The normalized spacial score (nSPS) is 21.3. The zero-order valence-corrected chi connectivity index (χ0v) is 15.2. The van der Waals surface area contributed by atoms with Crippen LogP contribution in [0.3, 0.4) is 0 Å². The Hall–Kier alpha value is -0.360. The number of hydrogen-bond donors (Lipinski definition) is 0. The molecule has 2 nitrogen and oxygen atoms in total. The van der Waals surface area contributed by atoms with E-state index < -0.39 is 0 Å². The highest BCUT2D eigenvalue weighted by Crippen LogP contribution is 2.47. The highest BCUT2D eigenvalue weighted by Gasteiger charge is 2.37. The molecule has 1 aromatic heterocycles. The number of rotatable bonds is 3. The summed E-state index contributed by atoms with van der Waals surface area (Å²) >= 11 is 7.97. The van der Waals surface area contributed by atoms with Crippen molar-refractivity contribution >= 4 is 45.2 Å². The monoisotopic (exact) mass is 420 g/mol. The summed E-state index contributed by atoms with van der Waals surface area (Å²) in [6.07, 6.45) is 4.26. The molecule has 0 N–H and O–H groups in total. The SMILES string of the molecule is CC1(C)CCCC1n1c(CCCl)nc2cc(I)c(F)cc21. The fraction of sp³-hybridized carbons (Fsp3) is 0.562. The van der Waals surface area contributed by atoms with Gasteiger partial charge < -0.3 is 4.57 Å². The zero-order valence-electron chi connectivity index (χ0n) is 12.3. The molecule has 1 aliphatic carbocycles. The number of nitrogens with zero attached hydrogens (tertiary/aromatic N) is 2. The first kappa shape index (κ1) is 15.5. The first-order valence-electron chi connectivity index (χ1n) is 7.36. The van der Waals surface area contributed by atoms with Gasteiger partial charge in [0, 0.05) is 24.4 Å². The number of aromatic nitrogens is 2. The van der Waals surface area contributed by atoms with Crippen LogP contribution in [-0.4, -0.2) is 15.4 Å². The van der Waals surface area contributed by atoms with Crippen LogP contribution in [0, 0.1) is 14.8 Å². The second-order valence-electron chi connectivity index (χ2n) is 6.49. The van der Waals surface area contributed by atoms with Crippen molar-refractivity contribution in [2.45, 2.75) is 45.6 Å². The molecule has 0 amide bonds. The van der Waals surface area contributed by atoms with Gasteiger partial charge in [0.1, 0.15) is 11.6 Å². The average molecular weight is 421 g/mol. The second kappa shape index (κ2) is 5.69. The summed E-state index contributed by atoms with van der Waals surface area (Å²) in [4.78, 5) is 4.72. The van der Waals surface area contributed by atoms with Crippen LogP contribution in [0.4, 0.5) is 4.39 Å². The predicted molar refractivity (Wildman–Crippen MR) is 93.5 cm³/mol. The summed E-state index contributed by atoms with van der Waals surface area (Å²) in [6.45, 7) is 4.59. The van der Waals surface area contributed by atoms with Crippen LogP contribution in [0.25, 0.3) is 11.0 Å². The molecule has 21 heavy (non-hydrogen) atoms. The first-order chi connectivity index (χ1) is 9.94. The van der Waals surface area contributed by atoms with E-state index >= 15 is 0 Å². The minimum atomic E-state index is -0.169. The topological polar surface area (TPSA) is 17.8 Å². The molecule has 1 fully saturated rings. The molecular formula is C16H19ClFIN2. The van der Waals surface area contributed by atoms with Gasteiger partial charge in [0.05, 0.1) is 14.6 Å². The lowest BCUT2D eigenvalue weighted by Crippen LogP contribution is -2.23. The van der Waals surface area contributed by atoms with Gasteiger partial charge >= 0.3 is 0 Å². The Labute approximate surface area is 143 Å². The summed E-state index contributed by atoms with van der Waals surface area (Å²) in [7, 11) is 0. The molecule has 3 rings (SSSR count). The van der Waals surface area contributed by atoms with E-state index in [1.165, 1.54) is 12.8 Å². The summed E-state index contributed by atoms with van der Waals surface area (Å²) < 4.78 is 16.9. The number of halogens is 3. The lowest BCUT2D eigenvalue weighted by Gasteiger charge is -2.30. The van der Waals surface area contributed by atoms with E-state index in [1.807, 2.05) is 28.7 Å². The molecule has 0 radical (unpaired) electrons. The van der Waals surface area contributed by atoms with Crippen molar-refractivity contribution in [3.05, 3.63) is 27.3 Å². The fourth-order valence-corrected chi connectivity index (χ4v) is 4.16. The Balaban J connectivity index is 2.23. The number of imidazole rings is 1. The maximum absolute atomic E-state index is 14.0. The Morgan fingerprint density at radius 1 is 1.48 bits per heavy atom. The molecule has 0 bridgehead atoms. The largest absolute Gasteiger partial charge is 0.324 e. The van der Waals surface area contributed by atoms with Crippen LogP contribution in [0.15, 0.2) is 12.1 Å². The number of alkyl halides is 1. The molecule has 1 unspecified atom stereocenters. The van der Waals surface area contributed by atoms with E-state index in [9.17, 15) is 4.39 Å². The molecule has 1 saturated carbocycles. The minimum Gasteiger partial charge on any atom is -0.324 e. The third kappa shape index (κ3) is 2.69. The molecule has 1 atom stereocenters. The van der Waals surface area contributed by atoms with Crippen LogP contribution < -0.4 is 0 Å². The molecule has 0 spiro atoms. The standard InChI is InChI=1S/C16H19ClFIN2/c1-16(2)6-3-4-14(16)21-13-8-10(18)11(19)9-12(13)20-15(21)5-7-17/h8-9,14H,3-7H2,1-2H3. The van der Waals surface area contributed by atoms with Crippen molar-refractivity contribution in [3.63, 3.8) is 0 Å². The molecule has 2 aromatic rings. The van der Waals surface area contributed by atoms with Crippen molar-refractivity contribution in [1.82, 2.24) is 9.55 Å². The lowest BCUT2D eigenvalue weighted by molar-refractivity contribution is 0.261. The molecule has 1 aromatic carbocycles. The van der Waals surface area contributed by atoms with Gasteiger partial charge in [0.2, 0.25) is 0 Å². The number of benzene rings is 1. The number of hydrogen-bond acceptors (Lipinski definition) is 1. The van der Waals surface area contributed by atoms with Gasteiger partial charge in [-0.3, -0.25) is 0 Å². The minimum absolute atomic E-state index is 0.169. The summed E-state index contributed by atoms with van der Waals surface area (Å²) in [6, 6.07) is 3.85. The summed E-state index contributed by atoms with van der Waals surface area (Å²) in [5.41, 5.74) is 2.00. The first-order valence-corrected chi connectivity index (χ1v) is 8.97. The van der Waals surface area contributed by atoms with Crippen molar-refractivity contribution in [3.8, 4) is 0 Å². The Bertz CT molecular complexity index is 680. The Morgan fingerprint density at radius 3 is 2.86 bits per heavy atom. The lowest BCUT2D eigenvalue weighted by atomic mass is 9.87. The molecular weight excluding hydrogens is 402 g/mol. The van der Waals surface area contributed by atoms with Crippen LogP contribution in [0.5, 0.6) is 0 Å². The maximum Gasteiger partial charge on any atom is 0.138 e. The molecule has 0 aliphatic heterocycles. The van der Waals surface area contributed by atoms with Gasteiger partial charge in [0.15, 0.2) is 0 Å². The van der Waals surface area contributed by atoms with Gasteiger partial charge in [-0.15, -0.1) is 11.6 Å². The Kier molecular flexibility index (Phi) is 4.21. The van der Waals surface area contributed by atoms with Gasteiger partial charge in [-0.25, -0.2) is 9.37 Å². The van der Waals surface area contributed by atoms with Gasteiger partial charge in [-0.1, -0.05) is 20.3 Å². The van der Waals surface area contributed by atoms with Gasteiger partial charge in [-0.05, 0) is 46.9 Å². The zero-order chi connectivity index (χ0) is 15.2. The van der Waals surface area contributed by atoms with Crippen LogP contribution >= 0.6 is 34.2 Å². The molecule has 1 aliphatic rings. The van der Waals surface area contributed by atoms with Crippen molar-refractivity contribution in [1.29, 1.82) is 0 Å². The van der Waals surface area contributed by atoms with Crippen molar-refractivity contribution < 1.29 is 4.39 Å². The maximum atomic E-state index is 14.0. The second-order valence-corrected chi connectivity index (χ2v) is 8.03. The van der Waals surface area contributed by atoms with Crippen molar-refractivity contribution in [2.75, 3.05) is 5.88 Å². The van der Waals surface area contributed by atoms with Crippen LogP contribution in [-0.2, 0) is 6.42 Å². The van der Waals surface area contributed by atoms with E-state index in [0.29, 0.717) is 15.5 Å². The van der Waals surface area contributed by atoms with Crippen LogP contribution in [0.2, 0.25) is 0 Å². The number of fused-ring (bicyclic) bond motifs is 1. The van der Waals surface area contributed by atoms with Gasteiger partial charge in [0.25, 0.3) is 0 Å². The predicted octanol–water partition coefficient (Wildman–Crippen LogP) is 5.31. The highest BCUT2D eigenvalue weighted by molar-refractivity contribution is 14.1. The molecule has 0 saturated heterocycles. The van der Waals surface area contributed by atoms with E-state index in [1.54, 1.807) is 6.07 Å². The van der Waals surface area contributed by atoms with E-state index in [2.05, 4.69) is 18.4 Å². The number of aryl methyl sites for hydroxylation is 1. The highest BCUT2D eigenvalue weighted by atomic mass is 127. The Morgan fingerprint density at radius 2 is 2.24 bits per heavy atom. The third-order valence-corrected chi connectivity index (χ3v) is 5.65. The van der Waals surface area contributed by atoms with Crippen molar-refractivity contribution in [2.24, 2.45) is 5.41 Å². The third-order valence-electron chi connectivity index (χ3n) is 4.64. The average Bonchev–Trinajstić information content (AvgIpc) is 2.90. The molecule has 1 heterocycles. The smallest absolute Gasteiger partial charge is 0.138 e. The van der Waals surface area contributed by atoms with Crippen LogP contribution in [0.1, 0.15) is 45.0 Å². The van der Waals surface area contributed by atoms with E-state index in [4.69, 9.17) is 16.6 Å². The molecule has 114 valence electrons. The van der Waals surface area contributed by atoms with Gasteiger partial charge in [-0.2, -0.15) is 0 Å². The molecule has 5 heteroatoms. The fourth-order valence-electron chi connectivity index (χ4n) is 3.54.